The van der Waals surface area contributed by atoms with Gasteiger partial charge in [0.25, 0.3) is 0 Å². The zero-order valence-corrected chi connectivity index (χ0v) is 14.7. The van der Waals surface area contributed by atoms with Crippen LogP contribution in [0.4, 0.5) is 10.1 Å². The van der Waals surface area contributed by atoms with Crippen molar-refractivity contribution in [3.05, 3.63) is 48.3 Å². The molecule has 140 valence electrons. The number of carbonyl (C=O) groups is 1. The molecule has 27 heavy (non-hydrogen) atoms. The molecule has 0 spiro atoms. The van der Waals surface area contributed by atoms with Crippen LogP contribution >= 0.6 is 0 Å². The molecule has 1 amide bonds. The van der Waals surface area contributed by atoms with Gasteiger partial charge in [-0.2, -0.15) is 0 Å². The molecule has 1 aliphatic heterocycles. The molecule has 4 rings (SSSR count). The molecule has 0 aliphatic carbocycles. The van der Waals surface area contributed by atoms with Gasteiger partial charge in [0.1, 0.15) is 11.6 Å². The maximum absolute atomic E-state index is 13.1. The van der Waals surface area contributed by atoms with E-state index < -0.39 is 6.04 Å². The molecule has 6 nitrogen and oxygen atoms in total. The molecule has 2 aromatic carbocycles. The van der Waals surface area contributed by atoms with Gasteiger partial charge in [0, 0.05) is 24.5 Å². The first-order chi connectivity index (χ1) is 13.1. The lowest BCUT2D eigenvalue weighted by atomic mass is 9.92. The molecule has 2 heterocycles. The van der Waals surface area contributed by atoms with E-state index in [0.29, 0.717) is 24.7 Å². The Hall–Kier alpha value is -2.77. The van der Waals surface area contributed by atoms with Crippen molar-refractivity contribution in [3.8, 4) is 11.4 Å². The molecule has 1 aromatic heterocycles. The number of hydrogen-bond acceptors (Lipinski definition) is 4. The third-order valence-corrected chi connectivity index (χ3v) is 4.94. The van der Waals surface area contributed by atoms with E-state index in [9.17, 15) is 9.18 Å². The average Bonchev–Trinajstić information content (AvgIpc) is 3.12. The molecule has 1 saturated heterocycles. The van der Waals surface area contributed by atoms with Crippen molar-refractivity contribution in [1.29, 1.82) is 0 Å². The molecule has 7 heteroatoms. The van der Waals surface area contributed by atoms with Gasteiger partial charge in [0.05, 0.1) is 17.1 Å². The number of anilines is 1. The fourth-order valence-electron chi connectivity index (χ4n) is 3.35. The second-order valence-electron chi connectivity index (χ2n) is 6.79. The van der Waals surface area contributed by atoms with Gasteiger partial charge in [-0.25, -0.2) is 9.37 Å². The first-order valence-electron chi connectivity index (χ1n) is 9.00. The third-order valence-electron chi connectivity index (χ3n) is 4.94. The van der Waals surface area contributed by atoms with Crippen molar-refractivity contribution >= 4 is 22.6 Å². The SMILES string of the molecule is NC(C(=O)Nc1ccc2nc(-c3ccc(F)cc3)[nH]c2c1)C1CCOCC1. The number of aromatic amines is 1. The summed E-state index contributed by atoms with van der Waals surface area (Å²) in [5.41, 5.74) is 9.12. The zero-order valence-electron chi connectivity index (χ0n) is 14.7. The van der Waals surface area contributed by atoms with E-state index in [2.05, 4.69) is 15.3 Å². The summed E-state index contributed by atoms with van der Waals surface area (Å²) >= 11 is 0. The lowest BCUT2D eigenvalue weighted by Gasteiger charge is -2.26. The highest BCUT2D eigenvalue weighted by Crippen LogP contribution is 2.24. The van der Waals surface area contributed by atoms with Crippen LogP contribution in [0, 0.1) is 11.7 Å². The van der Waals surface area contributed by atoms with Crippen LogP contribution in [0.1, 0.15) is 12.8 Å². The largest absolute Gasteiger partial charge is 0.381 e. The topological polar surface area (TPSA) is 93.0 Å². The second-order valence-corrected chi connectivity index (χ2v) is 6.79. The Kier molecular flexibility index (Phi) is 4.87. The standard InChI is InChI=1S/C20H21FN4O2/c21-14-3-1-13(2-4-14)19-24-16-6-5-15(11-17(16)25-19)23-20(26)18(22)12-7-9-27-10-8-12/h1-6,11-12,18H,7-10,22H2,(H,23,26)(H,24,25). The number of H-pyrrole nitrogens is 1. The van der Waals surface area contributed by atoms with Crippen molar-refractivity contribution in [2.24, 2.45) is 11.7 Å². The van der Waals surface area contributed by atoms with Crippen LogP contribution in [-0.4, -0.2) is 35.1 Å². The van der Waals surface area contributed by atoms with Crippen LogP contribution in [-0.2, 0) is 9.53 Å². The minimum absolute atomic E-state index is 0.139. The van der Waals surface area contributed by atoms with E-state index in [4.69, 9.17) is 10.5 Å². The maximum Gasteiger partial charge on any atom is 0.241 e. The molecule has 0 saturated carbocycles. The Morgan fingerprint density at radius 3 is 2.70 bits per heavy atom. The van der Waals surface area contributed by atoms with E-state index in [1.807, 2.05) is 12.1 Å². The van der Waals surface area contributed by atoms with E-state index >= 15 is 0 Å². The molecule has 1 fully saturated rings. The number of carbonyl (C=O) groups excluding carboxylic acids is 1. The van der Waals surface area contributed by atoms with Crippen molar-refractivity contribution in [2.45, 2.75) is 18.9 Å². The number of amides is 1. The van der Waals surface area contributed by atoms with Crippen LogP contribution in [0.2, 0.25) is 0 Å². The van der Waals surface area contributed by atoms with Gasteiger partial charge in [-0.3, -0.25) is 4.79 Å². The predicted molar refractivity (Wildman–Crippen MR) is 102 cm³/mol. The lowest BCUT2D eigenvalue weighted by Crippen LogP contribution is -2.43. The number of nitrogens with two attached hydrogens (primary N) is 1. The molecule has 1 atom stereocenters. The monoisotopic (exact) mass is 368 g/mol. The number of nitrogens with one attached hydrogen (secondary N) is 2. The molecular formula is C20H21FN4O2. The molecule has 3 aromatic rings. The van der Waals surface area contributed by atoms with Gasteiger partial charge < -0.3 is 20.8 Å². The van der Waals surface area contributed by atoms with Crippen LogP contribution < -0.4 is 11.1 Å². The fourth-order valence-corrected chi connectivity index (χ4v) is 3.35. The quantitative estimate of drug-likeness (QED) is 0.660. The summed E-state index contributed by atoms with van der Waals surface area (Å²) in [6, 6.07) is 11.0. The normalized spacial score (nSPS) is 16.4. The number of ether oxygens (including phenoxy) is 1. The average molecular weight is 368 g/mol. The summed E-state index contributed by atoms with van der Waals surface area (Å²) in [4.78, 5) is 20.2. The Morgan fingerprint density at radius 2 is 1.96 bits per heavy atom. The highest BCUT2D eigenvalue weighted by molar-refractivity contribution is 5.96. The number of aromatic nitrogens is 2. The Bertz CT molecular complexity index is 948. The molecule has 4 N–H and O–H groups in total. The second kappa shape index (κ2) is 7.46. The van der Waals surface area contributed by atoms with E-state index in [0.717, 1.165) is 29.4 Å². The lowest BCUT2D eigenvalue weighted by molar-refractivity contribution is -0.119. The predicted octanol–water partition coefficient (Wildman–Crippen LogP) is 3.06. The Balaban J connectivity index is 1.51. The van der Waals surface area contributed by atoms with Gasteiger partial charge in [0.2, 0.25) is 5.91 Å². The van der Waals surface area contributed by atoms with E-state index in [-0.39, 0.29) is 17.6 Å². The Morgan fingerprint density at radius 1 is 1.22 bits per heavy atom. The van der Waals surface area contributed by atoms with Gasteiger partial charge in [-0.1, -0.05) is 0 Å². The first kappa shape index (κ1) is 17.6. The molecule has 0 bridgehead atoms. The summed E-state index contributed by atoms with van der Waals surface area (Å²) in [5.74, 6) is 0.298. The highest BCUT2D eigenvalue weighted by Gasteiger charge is 2.26. The highest BCUT2D eigenvalue weighted by atomic mass is 19.1. The van der Waals surface area contributed by atoms with Gasteiger partial charge >= 0.3 is 0 Å². The van der Waals surface area contributed by atoms with Crippen molar-refractivity contribution in [1.82, 2.24) is 9.97 Å². The van der Waals surface area contributed by atoms with Crippen molar-refractivity contribution in [3.63, 3.8) is 0 Å². The zero-order chi connectivity index (χ0) is 18.8. The van der Waals surface area contributed by atoms with E-state index in [1.54, 1.807) is 18.2 Å². The first-order valence-corrected chi connectivity index (χ1v) is 9.00. The van der Waals surface area contributed by atoms with Crippen LogP contribution in [0.15, 0.2) is 42.5 Å². The fraction of sp³-hybridized carbons (Fsp3) is 0.300. The number of halogens is 1. The number of rotatable bonds is 4. The molecule has 1 unspecified atom stereocenters. The van der Waals surface area contributed by atoms with Crippen LogP contribution in [0.3, 0.4) is 0 Å². The minimum atomic E-state index is -0.555. The summed E-state index contributed by atoms with van der Waals surface area (Å²) in [5, 5.41) is 2.89. The van der Waals surface area contributed by atoms with Gasteiger partial charge in [-0.15, -0.1) is 0 Å². The third kappa shape index (κ3) is 3.84. The number of nitrogens with zero attached hydrogens (tertiary/aromatic N) is 1. The van der Waals surface area contributed by atoms with Crippen LogP contribution in [0.25, 0.3) is 22.4 Å². The number of hydrogen-bond donors (Lipinski definition) is 3. The molecule has 0 radical (unpaired) electrons. The smallest absolute Gasteiger partial charge is 0.241 e. The minimum Gasteiger partial charge on any atom is -0.381 e. The summed E-state index contributed by atoms with van der Waals surface area (Å²) in [6.07, 6.45) is 1.60. The van der Waals surface area contributed by atoms with Gasteiger partial charge in [0.15, 0.2) is 0 Å². The van der Waals surface area contributed by atoms with Gasteiger partial charge in [-0.05, 0) is 61.2 Å². The summed E-state index contributed by atoms with van der Waals surface area (Å²) in [7, 11) is 0. The number of imidazole rings is 1. The molecular weight excluding hydrogens is 347 g/mol. The van der Waals surface area contributed by atoms with Crippen molar-refractivity contribution < 1.29 is 13.9 Å². The van der Waals surface area contributed by atoms with E-state index in [1.165, 1.54) is 12.1 Å². The number of benzene rings is 2. The summed E-state index contributed by atoms with van der Waals surface area (Å²) < 4.78 is 18.4. The molecule has 1 aliphatic rings. The van der Waals surface area contributed by atoms with Crippen LogP contribution in [0.5, 0.6) is 0 Å². The number of fused-ring (bicyclic) bond motifs is 1. The van der Waals surface area contributed by atoms with Crippen molar-refractivity contribution in [2.75, 3.05) is 18.5 Å². The Labute approximate surface area is 155 Å². The summed E-state index contributed by atoms with van der Waals surface area (Å²) in [6.45, 7) is 1.30. The maximum atomic E-state index is 13.1.